The second-order valence-corrected chi connectivity index (χ2v) is 5.39. The molecule has 0 aliphatic carbocycles. The van der Waals surface area contributed by atoms with E-state index in [1.165, 1.54) is 35.4 Å². The molecule has 3 aromatic rings. The maximum Gasteiger partial charge on any atom is 0.248 e. The molecule has 2 heterocycles. The largest absolute Gasteiger partial charge is 0.366 e. The molecule has 3 N–H and O–H groups in total. The Kier molecular flexibility index (Phi) is 3.31. The average molecular weight is 339 g/mol. The molecule has 0 saturated heterocycles. The van der Waals surface area contributed by atoms with Crippen LogP contribution in [0.2, 0.25) is 0 Å². The lowest BCUT2D eigenvalue weighted by atomic mass is 10.0. The Hall–Kier alpha value is -3.55. The number of aromatic nitrogens is 2. The summed E-state index contributed by atoms with van der Waals surface area (Å²) >= 11 is 0. The van der Waals surface area contributed by atoms with Gasteiger partial charge < -0.3 is 11.1 Å². The fourth-order valence-corrected chi connectivity index (χ4v) is 2.74. The van der Waals surface area contributed by atoms with Crippen LogP contribution in [0.4, 0.5) is 20.2 Å². The van der Waals surface area contributed by atoms with Crippen molar-refractivity contribution in [3.8, 4) is 16.9 Å². The number of hydrogen-bond donors (Lipinski definition) is 2. The molecule has 6 nitrogen and oxygen atoms in total. The van der Waals surface area contributed by atoms with Gasteiger partial charge in [0.1, 0.15) is 11.4 Å². The van der Waals surface area contributed by atoms with Gasteiger partial charge in [0.15, 0.2) is 11.6 Å². The number of anilines is 1. The lowest BCUT2D eigenvalue weighted by Crippen LogP contribution is -2.10. The molecule has 1 aromatic heterocycles. The van der Waals surface area contributed by atoms with Crippen molar-refractivity contribution in [1.82, 2.24) is 9.78 Å². The minimum atomic E-state index is -0.744. The summed E-state index contributed by atoms with van der Waals surface area (Å²) < 4.78 is 29.6. The Morgan fingerprint density at radius 1 is 1.16 bits per heavy atom. The molecule has 1 aliphatic heterocycles. The number of amides is 1. The second-order valence-electron chi connectivity index (χ2n) is 5.39. The maximum absolute atomic E-state index is 14.2. The molecule has 0 saturated carbocycles. The first kappa shape index (κ1) is 15.0. The summed E-state index contributed by atoms with van der Waals surface area (Å²) in [7, 11) is 0. The Morgan fingerprint density at radius 3 is 2.64 bits per heavy atom. The maximum atomic E-state index is 14.2. The highest BCUT2D eigenvalue weighted by atomic mass is 19.1. The summed E-state index contributed by atoms with van der Waals surface area (Å²) in [5.41, 5.74) is 7.22. The van der Waals surface area contributed by atoms with Crippen LogP contribution in [0.25, 0.3) is 16.9 Å². The molecule has 0 radical (unpaired) electrons. The number of aliphatic imine (C=N–C) groups is 1. The highest BCUT2D eigenvalue weighted by Gasteiger charge is 2.23. The number of carbonyl (C=O) groups is 1. The van der Waals surface area contributed by atoms with Crippen LogP contribution < -0.4 is 11.1 Å². The summed E-state index contributed by atoms with van der Waals surface area (Å²) in [4.78, 5) is 15.6. The van der Waals surface area contributed by atoms with Gasteiger partial charge in [0.05, 0.1) is 23.9 Å². The van der Waals surface area contributed by atoms with E-state index < -0.39 is 17.5 Å². The van der Waals surface area contributed by atoms with E-state index in [1.54, 1.807) is 6.07 Å². The molecule has 4 rings (SSSR count). The SMILES string of the molecule is NC(=O)c1ccc2c(c1)N=CNc1cnn(-c3c(F)cccc3F)c1-2. The van der Waals surface area contributed by atoms with Crippen molar-refractivity contribution >= 4 is 23.6 Å². The molecule has 0 unspecified atom stereocenters. The lowest BCUT2D eigenvalue weighted by molar-refractivity contribution is 0.100. The zero-order valence-electron chi connectivity index (χ0n) is 12.7. The Balaban J connectivity index is 1.99. The highest BCUT2D eigenvalue weighted by molar-refractivity contribution is 5.99. The minimum absolute atomic E-state index is 0.280. The van der Waals surface area contributed by atoms with Gasteiger partial charge in [-0.15, -0.1) is 0 Å². The van der Waals surface area contributed by atoms with Crippen LogP contribution in [0.15, 0.2) is 47.6 Å². The number of para-hydroxylation sites is 1. The first-order valence-corrected chi connectivity index (χ1v) is 7.32. The van der Waals surface area contributed by atoms with Gasteiger partial charge in [-0.3, -0.25) is 4.79 Å². The van der Waals surface area contributed by atoms with Crippen molar-refractivity contribution in [1.29, 1.82) is 0 Å². The van der Waals surface area contributed by atoms with Crippen molar-refractivity contribution in [2.45, 2.75) is 0 Å². The number of hydrogen-bond acceptors (Lipinski definition) is 4. The number of nitrogens with one attached hydrogen (secondary N) is 1. The molecule has 1 aliphatic rings. The first-order chi connectivity index (χ1) is 12.1. The molecule has 0 fully saturated rings. The van der Waals surface area contributed by atoms with Gasteiger partial charge in [0, 0.05) is 11.1 Å². The van der Waals surface area contributed by atoms with Gasteiger partial charge in [0.25, 0.3) is 0 Å². The van der Waals surface area contributed by atoms with Crippen LogP contribution in [0, 0.1) is 11.6 Å². The molecule has 124 valence electrons. The van der Waals surface area contributed by atoms with Crippen LogP contribution in [0.1, 0.15) is 10.4 Å². The first-order valence-electron chi connectivity index (χ1n) is 7.32. The van der Waals surface area contributed by atoms with E-state index in [0.29, 0.717) is 22.6 Å². The van der Waals surface area contributed by atoms with E-state index in [0.717, 1.165) is 12.1 Å². The third-order valence-electron chi connectivity index (χ3n) is 3.88. The van der Waals surface area contributed by atoms with E-state index in [1.807, 2.05) is 0 Å². The number of carbonyl (C=O) groups excluding carboxylic acids is 1. The second kappa shape index (κ2) is 5.52. The summed E-state index contributed by atoms with van der Waals surface area (Å²) in [5, 5.41) is 7.02. The van der Waals surface area contributed by atoms with Gasteiger partial charge in [-0.25, -0.2) is 18.5 Å². The van der Waals surface area contributed by atoms with Gasteiger partial charge in [0.2, 0.25) is 5.91 Å². The van der Waals surface area contributed by atoms with Crippen LogP contribution in [-0.4, -0.2) is 22.0 Å². The third kappa shape index (κ3) is 2.35. The molecule has 2 aromatic carbocycles. The molecule has 8 heteroatoms. The molecule has 1 amide bonds. The van der Waals surface area contributed by atoms with Gasteiger partial charge in [-0.05, 0) is 30.3 Å². The zero-order valence-corrected chi connectivity index (χ0v) is 12.7. The lowest BCUT2D eigenvalue weighted by Gasteiger charge is -2.12. The van der Waals surface area contributed by atoms with Crippen molar-refractivity contribution < 1.29 is 13.6 Å². The molecular weight excluding hydrogens is 328 g/mol. The van der Waals surface area contributed by atoms with E-state index in [9.17, 15) is 13.6 Å². The van der Waals surface area contributed by atoms with E-state index >= 15 is 0 Å². The predicted octanol–water partition coefficient (Wildman–Crippen LogP) is 3.00. The van der Waals surface area contributed by atoms with E-state index in [4.69, 9.17) is 5.73 Å². The summed E-state index contributed by atoms with van der Waals surface area (Å²) in [6.45, 7) is 0. The summed E-state index contributed by atoms with van der Waals surface area (Å²) in [5.74, 6) is -2.08. The van der Waals surface area contributed by atoms with Crippen molar-refractivity contribution in [2.75, 3.05) is 5.32 Å². The van der Waals surface area contributed by atoms with Crippen LogP contribution in [0.5, 0.6) is 0 Å². The number of fused-ring (bicyclic) bond motifs is 3. The molecule has 0 spiro atoms. The van der Waals surface area contributed by atoms with E-state index in [-0.39, 0.29) is 11.3 Å². The van der Waals surface area contributed by atoms with Crippen LogP contribution >= 0.6 is 0 Å². The Morgan fingerprint density at radius 2 is 1.92 bits per heavy atom. The minimum Gasteiger partial charge on any atom is -0.366 e. The third-order valence-corrected chi connectivity index (χ3v) is 3.88. The Labute approximate surface area is 140 Å². The smallest absolute Gasteiger partial charge is 0.248 e. The van der Waals surface area contributed by atoms with E-state index in [2.05, 4.69) is 15.4 Å². The van der Waals surface area contributed by atoms with Crippen molar-refractivity contribution in [3.63, 3.8) is 0 Å². The zero-order chi connectivity index (χ0) is 17.6. The average Bonchev–Trinajstić information content (AvgIpc) is 2.89. The molecule has 0 bridgehead atoms. The van der Waals surface area contributed by atoms with Crippen LogP contribution in [-0.2, 0) is 0 Å². The van der Waals surface area contributed by atoms with Gasteiger partial charge >= 0.3 is 0 Å². The standard InChI is InChI=1S/C17H11F2N5O/c18-11-2-1-3-12(19)16(11)24-15-10-5-4-9(17(20)25)6-13(10)21-8-22-14(15)7-23-24/h1-8H,(H2,20,25)(H,21,22). The van der Waals surface area contributed by atoms with Gasteiger partial charge in [-0.1, -0.05) is 6.07 Å². The molecule has 25 heavy (non-hydrogen) atoms. The predicted molar refractivity (Wildman–Crippen MR) is 89.2 cm³/mol. The van der Waals surface area contributed by atoms with Crippen LogP contribution in [0.3, 0.4) is 0 Å². The fraction of sp³-hybridized carbons (Fsp3) is 0. The summed E-state index contributed by atoms with van der Waals surface area (Å²) in [6, 6.07) is 8.26. The molecule has 0 atom stereocenters. The highest BCUT2D eigenvalue weighted by Crippen LogP contribution is 2.39. The number of rotatable bonds is 2. The normalized spacial score (nSPS) is 12.1. The number of nitrogens with two attached hydrogens (primary N) is 1. The van der Waals surface area contributed by atoms with Gasteiger partial charge in [-0.2, -0.15) is 5.10 Å². The van der Waals surface area contributed by atoms with Crippen molar-refractivity contribution in [3.05, 3.63) is 59.8 Å². The monoisotopic (exact) mass is 339 g/mol. The summed E-state index contributed by atoms with van der Waals surface area (Å²) in [6.07, 6.45) is 2.86. The molecular formula is C17H11F2N5O. The van der Waals surface area contributed by atoms with Crippen molar-refractivity contribution in [2.24, 2.45) is 10.7 Å². The quantitative estimate of drug-likeness (QED) is 0.752. The number of primary amides is 1. The fourth-order valence-electron chi connectivity index (χ4n) is 2.74. The topological polar surface area (TPSA) is 85.3 Å². The number of benzene rings is 2. The number of halogens is 2. The Bertz CT molecular complexity index is 1020. The number of nitrogens with zero attached hydrogens (tertiary/aromatic N) is 3.